The maximum absolute atomic E-state index is 11.1. The summed E-state index contributed by atoms with van der Waals surface area (Å²) >= 11 is 0. The van der Waals surface area contributed by atoms with Gasteiger partial charge in [0.25, 0.3) is 0 Å². The van der Waals surface area contributed by atoms with Crippen molar-refractivity contribution in [3.05, 3.63) is 41.9 Å². The molecule has 0 saturated carbocycles. The number of aromatic nitrogens is 4. The Morgan fingerprint density at radius 3 is 2.90 bits per heavy atom. The first-order valence-electron chi connectivity index (χ1n) is 6.30. The minimum atomic E-state index is -0.965. The number of aromatic carboxylic acids is 1. The van der Waals surface area contributed by atoms with Gasteiger partial charge < -0.3 is 10.4 Å². The van der Waals surface area contributed by atoms with Crippen molar-refractivity contribution in [1.29, 1.82) is 0 Å². The summed E-state index contributed by atoms with van der Waals surface area (Å²) in [6.45, 7) is 1.90. The predicted octanol–water partition coefficient (Wildman–Crippen LogP) is 2.11. The Morgan fingerprint density at radius 1 is 1.33 bits per heavy atom. The number of benzene rings is 1. The highest BCUT2D eigenvalue weighted by Gasteiger charge is 2.11. The van der Waals surface area contributed by atoms with Crippen LogP contribution in [-0.2, 0) is 7.05 Å². The van der Waals surface area contributed by atoms with Crippen LogP contribution in [0, 0.1) is 6.92 Å². The predicted molar refractivity (Wildman–Crippen MR) is 77.7 cm³/mol. The fourth-order valence-electron chi connectivity index (χ4n) is 2.08. The van der Waals surface area contributed by atoms with Gasteiger partial charge >= 0.3 is 5.97 Å². The van der Waals surface area contributed by atoms with Crippen LogP contribution in [0.4, 0.5) is 11.5 Å². The number of nitrogens with one attached hydrogen (secondary N) is 1. The summed E-state index contributed by atoms with van der Waals surface area (Å²) in [6, 6.07) is 4.91. The van der Waals surface area contributed by atoms with Crippen molar-refractivity contribution >= 4 is 28.5 Å². The maximum Gasteiger partial charge on any atom is 0.335 e. The zero-order valence-electron chi connectivity index (χ0n) is 11.5. The highest BCUT2D eigenvalue weighted by Crippen LogP contribution is 2.25. The lowest BCUT2D eigenvalue weighted by atomic mass is 10.1. The third kappa shape index (κ3) is 2.29. The minimum absolute atomic E-state index is 0.222. The Kier molecular flexibility index (Phi) is 3.02. The molecule has 0 amide bonds. The van der Waals surface area contributed by atoms with Crippen molar-refractivity contribution in [3.63, 3.8) is 0 Å². The van der Waals surface area contributed by atoms with Gasteiger partial charge in [-0.1, -0.05) is 6.07 Å². The summed E-state index contributed by atoms with van der Waals surface area (Å²) < 4.78 is 1.66. The summed E-state index contributed by atoms with van der Waals surface area (Å²) in [5.74, 6) is -0.369. The van der Waals surface area contributed by atoms with Gasteiger partial charge in [-0.15, -0.1) is 0 Å². The SMILES string of the molecule is Cc1ccc(C(=O)O)cc1Nc1ncnc2c1cnn2C. The second-order valence-corrected chi connectivity index (χ2v) is 4.69. The topological polar surface area (TPSA) is 92.9 Å². The molecule has 0 radical (unpaired) electrons. The van der Waals surface area contributed by atoms with Gasteiger partial charge in [0.15, 0.2) is 5.65 Å². The van der Waals surface area contributed by atoms with Crippen LogP contribution in [0.2, 0.25) is 0 Å². The Bertz CT molecular complexity index is 840. The minimum Gasteiger partial charge on any atom is -0.478 e. The lowest BCUT2D eigenvalue weighted by molar-refractivity contribution is 0.0697. The average molecular weight is 283 g/mol. The highest BCUT2D eigenvalue weighted by molar-refractivity contribution is 5.91. The molecule has 7 heteroatoms. The summed E-state index contributed by atoms with van der Waals surface area (Å²) in [6.07, 6.45) is 3.12. The Hall–Kier alpha value is -2.96. The van der Waals surface area contributed by atoms with Gasteiger partial charge in [0, 0.05) is 12.7 Å². The molecule has 3 rings (SSSR count). The lowest BCUT2D eigenvalue weighted by Crippen LogP contribution is -2.01. The van der Waals surface area contributed by atoms with E-state index in [4.69, 9.17) is 5.11 Å². The molecule has 106 valence electrons. The number of carbonyl (C=O) groups is 1. The number of nitrogens with zero attached hydrogens (tertiary/aromatic N) is 4. The number of hydrogen-bond donors (Lipinski definition) is 2. The van der Waals surface area contributed by atoms with E-state index in [2.05, 4.69) is 20.4 Å². The van der Waals surface area contributed by atoms with Crippen LogP contribution in [0.3, 0.4) is 0 Å². The monoisotopic (exact) mass is 283 g/mol. The van der Waals surface area contributed by atoms with E-state index >= 15 is 0 Å². The molecule has 7 nitrogen and oxygen atoms in total. The van der Waals surface area contributed by atoms with Gasteiger partial charge in [-0.2, -0.15) is 5.10 Å². The second kappa shape index (κ2) is 4.86. The molecule has 2 aromatic heterocycles. The third-order valence-corrected chi connectivity index (χ3v) is 3.27. The standard InChI is InChI=1S/C14H13N5O2/c1-8-3-4-9(14(20)21)5-11(8)18-12-10-6-17-19(2)13(10)16-7-15-12/h3-7H,1-2H3,(H,20,21)(H,15,16,18). The summed E-state index contributed by atoms with van der Waals surface area (Å²) in [5, 5.41) is 17.2. The molecule has 0 aliphatic rings. The lowest BCUT2D eigenvalue weighted by Gasteiger charge is -2.10. The largest absolute Gasteiger partial charge is 0.478 e. The molecule has 0 spiro atoms. The first kappa shape index (κ1) is 13.0. The molecule has 2 heterocycles. The number of hydrogen-bond acceptors (Lipinski definition) is 5. The van der Waals surface area contributed by atoms with Crippen molar-refractivity contribution in [1.82, 2.24) is 19.7 Å². The molecule has 2 N–H and O–H groups in total. The highest BCUT2D eigenvalue weighted by atomic mass is 16.4. The molecule has 0 bridgehead atoms. The van der Waals surface area contributed by atoms with Crippen molar-refractivity contribution in [2.24, 2.45) is 7.05 Å². The summed E-state index contributed by atoms with van der Waals surface area (Å²) in [7, 11) is 1.80. The molecule has 0 saturated heterocycles. The van der Waals surface area contributed by atoms with Gasteiger partial charge in [-0.25, -0.2) is 14.8 Å². The van der Waals surface area contributed by atoms with Crippen LogP contribution >= 0.6 is 0 Å². The van der Waals surface area contributed by atoms with Gasteiger partial charge in [0.1, 0.15) is 12.1 Å². The van der Waals surface area contributed by atoms with Crippen molar-refractivity contribution in [3.8, 4) is 0 Å². The number of carboxylic acids is 1. The zero-order chi connectivity index (χ0) is 15.0. The molecule has 0 aliphatic carbocycles. The quantitative estimate of drug-likeness (QED) is 0.764. The van der Waals surface area contributed by atoms with E-state index in [-0.39, 0.29) is 5.56 Å². The number of fused-ring (bicyclic) bond motifs is 1. The van der Waals surface area contributed by atoms with Crippen molar-refractivity contribution in [2.45, 2.75) is 6.92 Å². The first-order valence-corrected chi connectivity index (χ1v) is 6.30. The van der Waals surface area contributed by atoms with Gasteiger partial charge in [-0.05, 0) is 24.6 Å². The Labute approximate surface area is 120 Å². The van der Waals surface area contributed by atoms with E-state index in [0.717, 1.165) is 10.9 Å². The smallest absolute Gasteiger partial charge is 0.335 e. The fourth-order valence-corrected chi connectivity index (χ4v) is 2.08. The summed E-state index contributed by atoms with van der Waals surface area (Å²) in [5.41, 5.74) is 2.55. The number of rotatable bonds is 3. The molecule has 0 unspecified atom stereocenters. The number of carboxylic acid groups (broad SMARTS) is 1. The van der Waals surface area contributed by atoms with E-state index in [9.17, 15) is 4.79 Å². The van der Waals surface area contributed by atoms with Crippen LogP contribution in [0.1, 0.15) is 15.9 Å². The summed E-state index contributed by atoms with van der Waals surface area (Å²) in [4.78, 5) is 19.4. The van der Waals surface area contributed by atoms with E-state index in [1.807, 2.05) is 6.92 Å². The van der Waals surface area contributed by atoms with Crippen LogP contribution in [-0.4, -0.2) is 30.8 Å². The molecule has 0 fully saturated rings. The Balaban J connectivity index is 2.06. The van der Waals surface area contributed by atoms with Crippen LogP contribution < -0.4 is 5.32 Å². The average Bonchev–Trinajstić information content (AvgIpc) is 2.84. The van der Waals surface area contributed by atoms with E-state index in [1.54, 1.807) is 36.1 Å². The van der Waals surface area contributed by atoms with E-state index in [0.29, 0.717) is 17.2 Å². The van der Waals surface area contributed by atoms with Gasteiger partial charge in [-0.3, -0.25) is 4.68 Å². The zero-order valence-corrected chi connectivity index (χ0v) is 11.5. The van der Waals surface area contributed by atoms with E-state index < -0.39 is 5.97 Å². The number of aryl methyl sites for hydroxylation is 2. The molecule has 3 aromatic rings. The van der Waals surface area contributed by atoms with Crippen molar-refractivity contribution < 1.29 is 9.90 Å². The molecule has 21 heavy (non-hydrogen) atoms. The third-order valence-electron chi connectivity index (χ3n) is 3.27. The molecule has 1 aromatic carbocycles. The fraction of sp³-hybridized carbons (Fsp3) is 0.143. The second-order valence-electron chi connectivity index (χ2n) is 4.69. The van der Waals surface area contributed by atoms with Gasteiger partial charge in [0.2, 0.25) is 0 Å². The molecular weight excluding hydrogens is 270 g/mol. The molecular formula is C14H13N5O2. The van der Waals surface area contributed by atoms with Crippen LogP contribution in [0.15, 0.2) is 30.7 Å². The maximum atomic E-state index is 11.1. The normalized spacial score (nSPS) is 10.8. The molecule has 0 atom stereocenters. The number of anilines is 2. The van der Waals surface area contributed by atoms with Crippen molar-refractivity contribution in [2.75, 3.05) is 5.32 Å². The van der Waals surface area contributed by atoms with Gasteiger partial charge in [0.05, 0.1) is 17.1 Å². The van der Waals surface area contributed by atoms with Crippen LogP contribution in [0.25, 0.3) is 11.0 Å². The first-order chi connectivity index (χ1) is 10.1. The van der Waals surface area contributed by atoms with E-state index in [1.165, 1.54) is 6.33 Å². The molecule has 0 aliphatic heterocycles. The van der Waals surface area contributed by atoms with Crippen LogP contribution in [0.5, 0.6) is 0 Å². The Morgan fingerprint density at radius 2 is 2.14 bits per heavy atom.